The molecule has 0 atom stereocenters. The van der Waals surface area contributed by atoms with Gasteiger partial charge in [0.1, 0.15) is 6.26 Å². The Morgan fingerprint density at radius 3 is 2.53 bits per heavy atom. The van der Waals surface area contributed by atoms with E-state index < -0.39 is 0 Å². The fourth-order valence-electron chi connectivity index (χ4n) is 2.98. The maximum absolute atomic E-state index is 5.60. The van der Waals surface area contributed by atoms with Crippen molar-refractivity contribution in [2.45, 2.75) is 26.6 Å². The summed E-state index contributed by atoms with van der Waals surface area (Å²) in [5, 5.41) is 6.61. The van der Waals surface area contributed by atoms with Crippen molar-refractivity contribution in [1.82, 2.24) is 20.5 Å². The van der Waals surface area contributed by atoms with Gasteiger partial charge in [-0.1, -0.05) is 42.5 Å². The van der Waals surface area contributed by atoms with Crippen LogP contribution in [0.25, 0.3) is 11.5 Å². The summed E-state index contributed by atoms with van der Waals surface area (Å²) in [4.78, 5) is 11.4. The smallest absolute Gasteiger partial charge is 0.226 e. The molecule has 0 bridgehead atoms. The van der Waals surface area contributed by atoms with Gasteiger partial charge in [0.15, 0.2) is 5.96 Å². The van der Waals surface area contributed by atoms with Crippen LogP contribution in [-0.4, -0.2) is 36.5 Å². The first-order chi connectivity index (χ1) is 14.1. The number of halogens is 1. The van der Waals surface area contributed by atoms with Crippen LogP contribution in [0.3, 0.4) is 0 Å². The molecule has 30 heavy (non-hydrogen) atoms. The zero-order valence-electron chi connectivity index (χ0n) is 17.8. The van der Waals surface area contributed by atoms with E-state index in [1.165, 1.54) is 11.1 Å². The summed E-state index contributed by atoms with van der Waals surface area (Å²) >= 11 is 0. The van der Waals surface area contributed by atoms with Crippen LogP contribution in [0.5, 0.6) is 0 Å². The first-order valence-electron chi connectivity index (χ1n) is 9.88. The third kappa shape index (κ3) is 7.46. The van der Waals surface area contributed by atoms with E-state index in [2.05, 4.69) is 65.8 Å². The third-order valence-corrected chi connectivity index (χ3v) is 4.26. The average Bonchev–Trinajstić information content (AvgIpc) is 3.20. The first kappa shape index (κ1) is 23.9. The molecule has 3 aromatic rings. The van der Waals surface area contributed by atoms with Crippen molar-refractivity contribution in [3.63, 3.8) is 0 Å². The van der Waals surface area contributed by atoms with Gasteiger partial charge in [0.25, 0.3) is 0 Å². The Hall–Kier alpha value is -2.39. The van der Waals surface area contributed by atoms with Gasteiger partial charge < -0.3 is 20.0 Å². The van der Waals surface area contributed by atoms with E-state index in [4.69, 9.17) is 9.41 Å². The SMILES string of the molecule is CCNC(=NCc1cccc(CN(C)C)c1)NCc1coc(-c2ccccc2)n1.I. The molecular weight excluding hydrogens is 489 g/mol. The van der Waals surface area contributed by atoms with Crippen LogP contribution in [0.2, 0.25) is 0 Å². The van der Waals surface area contributed by atoms with Gasteiger partial charge in [-0.15, -0.1) is 24.0 Å². The standard InChI is InChI=1S/C23H29N5O.HI/c1-4-24-23(25-14-18-9-8-10-19(13-18)16-28(2)3)26-15-21-17-29-22(27-21)20-11-6-5-7-12-20;/h5-13,17H,4,14-16H2,1-3H3,(H2,24,25,26);1H. The highest BCUT2D eigenvalue weighted by molar-refractivity contribution is 14.0. The number of nitrogens with one attached hydrogen (secondary N) is 2. The minimum absolute atomic E-state index is 0. The minimum atomic E-state index is 0. The highest BCUT2D eigenvalue weighted by atomic mass is 127. The van der Waals surface area contributed by atoms with Crippen molar-refractivity contribution in [2.24, 2.45) is 4.99 Å². The number of benzene rings is 2. The van der Waals surface area contributed by atoms with Crippen molar-refractivity contribution < 1.29 is 4.42 Å². The molecule has 0 amide bonds. The van der Waals surface area contributed by atoms with Gasteiger partial charge in [0.05, 0.1) is 18.8 Å². The van der Waals surface area contributed by atoms with Crippen molar-refractivity contribution in [1.29, 1.82) is 0 Å². The number of oxazole rings is 1. The van der Waals surface area contributed by atoms with Gasteiger partial charge in [-0.05, 0) is 44.3 Å². The second-order valence-electron chi connectivity index (χ2n) is 7.12. The number of hydrogen-bond donors (Lipinski definition) is 2. The second-order valence-corrected chi connectivity index (χ2v) is 7.12. The monoisotopic (exact) mass is 519 g/mol. The van der Waals surface area contributed by atoms with Crippen molar-refractivity contribution in [2.75, 3.05) is 20.6 Å². The topological polar surface area (TPSA) is 65.7 Å². The number of guanidine groups is 1. The fraction of sp³-hybridized carbons (Fsp3) is 0.304. The van der Waals surface area contributed by atoms with E-state index in [-0.39, 0.29) is 24.0 Å². The van der Waals surface area contributed by atoms with E-state index in [1.807, 2.05) is 30.3 Å². The van der Waals surface area contributed by atoms with Crippen LogP contribution in [0.1, 0.15) is 23.7 Å². The van der Waals surface area contributed by atoms with Crippen LogP contribution >= 0.6 is 24.0 Å². The van der Waals surface area contributed by atoms with Crippen LogP contribution in [-0.2, 0) is 19.6 Å². The van der Waals surface area contributed by atoms with E-state index in [9.17, 15) is 0 Å². The maximum atomic E-state index is 5.60. The largest absolute Gasteiger partial charge is 0.444 e. The predicted octanol–water partition coefficient (Wildman–Crippen LogP) is 4.28. The Kier molecular flexibility index (Phi) is 9.82. The zero-order chi connectivity index (χ0) is 20.5. The Labute approximate surface area is 195 Å². The van der Waals surface area contributed by atoms with Gasteiger partial charge >= 0.3 is 0 Å². The van der Waals surface area contributed by atoms with Crippen LogP contribution in [0.15, 0.2) is 70.3 Å². The fourth-order valence-corrected chi connectivity index (χ4v) is 2.98. The summed E-state index contributed by atoms with van der Waals surface area (Å²) in [6.45, 7) is 4.93. The summed E-state index contributed by atoms with van der Waals surface area (Å²) in [7, 11) is 4.15. The molecule has 0 spiro atoms. The number of nitrogens with zero attached hydrogens (tertiary/aromatic N) is 3. The highest BCUT2D eigenvalue weighted by Crippen LogP contribution is 2.17. The minimum Gasteiger partial charge on any atom is -0.444 e. The normalized spacial score (nSPS) is 11.3. The molecule has 0 aliphatic heterocycles. The molecule has 2 N–H and O–H groups in total. The van der Waals surface area contributed by atoms with Crippen LogP contribution in [0, 0.1) is 0 Å². The molecule has 2 aromatic carbocycles. The van der Waals surface area contributed by atoms with Crippen LogP contribution in [0.4, 0.5) is 0 Å². The summed E-state index contributed by atoms with van der Waals surface area (Å²) < 4.78 is 5.60. The van der Waals surface area contributed by atoms with Crippen LogP contribution < -0.4 is 10.6 Å². The number of aliphatic imine (C=N–C) groups is 1. The molecule has 0 unspecified atom stereocenters. The lowest BCUT2D eigenvalue weighted by atomic mass is 10.1. The lowest BCUT2D eigenvalue weighted by molar-refractivity contribution is 0.402. The highest BCUT2D eigenvalue weighted by Gasteiger charge is 2.07. The summed E-state index contributed by atoms with van der Waals surface area (Å²) in [6.07, 6.45) is 1.68. The Morgan fingerprint density at radius 2 is 1.80 bits per heavy atom. The molecule has 0 saturated heterocycles. The van der Waals surface area contributed by atoms with Gasteiger partial charge in [-0.25, -0.2) is 9.98 Å². The summed E-state index contributed by atoms with van der Waals surface area (Å²) in [6, 6.07) is 18.4. The first-order valence-corrected chi connectivity index (χ1v) is 9.88. The third-order valence-electron chi connectivity index (χ3n) is 4.26. The van der Waals surface area contributed by atoms with E-state index in [0.717, 1.165) is 30.3 Å². The molecule has 0 radical (unpaired) electrons. The van der Waals surface area contributed by atoms with E-state index >= 15 is 0 Å². The molecule has 0 saturated carbocycles. The summed E-state index contributed by atoms with van der Waals surface area (Å²) in [5.41, 5.74) is 4.28. The van der Waals surface area contributed by atoms with Gasteiger partial charge in [0.2, 0.25) is 5.89 Å². The molecule has 0 aliphatic carbocycles. The average molecular weight is 519 g/mol. The van der Waals surface area contributed by atoms with E-state index in [1.54, 1.807) is 6.26 Å². The molecular formula is C23H30IN5O. The second kappa shape index (κ2) is 12.3. The maximum Gasteiger partial charge on any atom is 0.226 e. The molecule has 7 heteroatoms. The molecule has 0 fully saturated rings. The molecule has 160 valence electrons. The number of aromatic nitrogens is 1. The Morgan fingerprint density at radius 1 is 1.03 bits per heavy atom. The lowest BCUT2D eigenvalue weighted by Crippen LogP contribution is -2.36. The van der Waals surface area contributed by atoms with Crippen molar-refractivity contribution >= 4 is 29.9 Å². The van der Waals surface area contributed by atoms with Crippen molar-refractivity contribution in [3.8, 4) is 11.5 Å². The lowest BCUT2D eigenvalue weighted by Gasteiger charge is -2.12. The number of rotatable bonds is 8. The zero-order valence-corrected chi connectivity index (χ0v) is 20.1. The van der Waals surface area contributed by atoms with Crippen molar-refractivity contribution in [3.05, 3.63) is 77.7 Å². The molecule has 1 aromatic heterocycles. The Bertz CT molecular complexity index is 924. The van der Waals surface area contributed by atoms with Gasteiger partial charge in [0, 0.05) is 18.7 Å². The van der Waals surface area contributed by atoms with Gasteiger partial charge in [-0.3, -0.25) is 0 Å². The predicted molar refractivity (Wildman–Crippen MR) is 133 cm³/mol. The molecule has 1 heterocycles. The summed E-state index contributed by atoms with van der Waals surface area (Å²) in [5.74, 6) is 1.39. The molecule has 6 nitrogen and oxygen atoms in total. The molecule has 0 aliphatic rings. The van der Waals surface area contributed by atoms with E-state index in [0.29, 0.717) is 19.0 Å². The Balaban J connectivity index is 0.00000320. The quantitative estimate of drug-likeness (QED) is 0.264. The molecule has 3 rings (SSSR count). The number of hydrogen-bond acceptors (Lipinski definition) is 4. The van der Waals surface area contributed by atoms with Gasteiger partial charge in [-0.2, -0.15) is 0 Å².